The maximum atomic E-state index is 11.8. The molecule has 0 spiro atoms. The number of ether oxygens (including phenoxy) is 1. The predicted octanol–water partition coefficient (Wildman–Crippen LogP) is 1.18. The van der Waals surface area contributed by atoms with Crippen molar-refractivity contribution < 1.29 is 9.53 Å². The molecule has 1 aliphatic rings. The average Bonchev–Trinajstić information content (AvgIpc) is 2.46. The molecular weight excluding hydrogens is 242 g/mol. The largest absolute Gasteiger partial charge is 0.383 e. The molecule has 102 valence electrons. The van der Waals surface area contributed by atoms with Gasteiger partial charge >= 0.3 is 0 Å². The molecule has 1 aromatic rings. The van der Waals surface area contributed by atoms with Crippen molar-refractivity contribution in [3.63, 3.8) is 0 Å². The summed E-state index contributed by atoms with van der Waals surface area (Å²) in [6.07, 6.45) is 4.91. The van der Waals surface area contributed by atoms with Gasteiger partial charge in [-0.3, -0.25) is 4.79 Å². The normalized spacial score (nSPS) is 15.8. The Labute approximate surface area is 113 Å². The third-order valence-corrected chi connectivity index (χ3v) is 2.89. The first-order valence-corrected chi connectivity index (χ1v) is 6.34. The zero-order valence-electron chi connectivity index (χ0n) is 11.4. The van der Waals surface area contributed by atoms with E-state index in [1.807, 2.05) is 31.1 Å². The van der Waals surface area contributed by atoms with Gasteiger partial charge < -0.3 is 14.5 Å². The number of rotatable bonds is 4. The van der Waals surface area contributed by atoms with Crippen LogP contribution in [0.5, 0.6) is 0 Å². The SMILES string of the molecule is CN(C)/C=C/C(=O)c1ccc(N2CCOCC2)nc1. The standard InChI is InChI=1S/C14H19N3O2/c1-16(2)6-5-13(18)12-3-4-14(15-11-12)17-7-9-19-10-8-17/h3-6,11H,7-10H2,1-2H3/b6-5+. The topological polar surface area (TPSA) is 45.7 Å². The van der Waals surface area contributed by atoms with E-state index in [1.54, 1.807) is 18.5 Å². The highest BCUT2D eigenvalue weighted by Crippen LogP contribution is 2.13. The van der Waals surface area contributed by atoms with Crippen LogP contribution in [0, 0.1) is 0 Å². The second-order valence-corrected chi connectivity index (χ2v) is 4.65. The number of carbonyl (C=O) groups excluding carboxylic acids is 1. The molecule has 0 unspecified atom stereocenters. The number of hydrogen-bond donors (Lipinski definition) is 0. The summed E-state index contributed by atoms with van der Waals surface area (Å²) in [5.41, 5.74) is 0.607. The van der Waals surface area contributed by atoms with Crippen molar-refractivity contribution in [3.05, 3.63) is 36.2 Å². The Hall–Kier alpha value is -1.88. The number of aromatic nitrogens is 1. The molecule has 0 aliphatic carbocycles. The summed E-state index contributed by atoms with van der Waals surface area (Å²) < 4.78 is 5.30. The maximum Gasteiger partial charge on any atom is 0.188 e. The van der Waals surface area contributed by atoms with Crippen LogP contribution in [0.4, 0.5) is 5.82 Å². The molecule has 1 aromatic heterocycles. The van der Waals surface area contributed by atoms with Crippen LogP contribution in [0.2, 0.25) is 0 Å². The molecule has 5 nitrogen and oxygen atoms in total. The van der Waals surface area contributed by atoms with Gasteiger partial charge in [-0.15, -0.1) is 0 Å². The van der Waals surface area contributed by atoms with Crippen molar-refractivity contribution in [1.82, 2.24) is 9.88 Å². The van der Waals surface area contributed by atoms with E-state index in [-0.39, 0.29) is 5.78 Å². The highest BCUT2D eigenvalue weighted by molar-refractivity contribution is 6.04. The summed E-state index contributed by atoms with van der Waals surface area (Å²) in [6, 6.07) is 3.71. The summed E-state index contributed by atoms with van der Waals surface area (Å²) in [5.74, 6) is 0.867. The van der Waals surface area contributed by atoms with Gasteiger partial charge in [0.2, 0.25) is 0 Å². The Morgan fingerprint density at radius 1 is 1.37 bits per heavy atom. The highest BCUT2D eigenvalue weighted by Gasteiger charge is 2.12. The Bertz CT molecular complexity index is 448. The summed E-state index contributed by atoms with van der Waals surface area (Å²) in [4.78, 5) is 20.2. The zero-order chi connectivity index (χ0) is 13.7. The molecule has 1 aliphatic heterocycles. The second-order valence-electron chi connectivity index (χ2n) is 4.65. The molecule has 2 rings (SSSR count). The third kappa shape index (κ3) is 3.79. The maximum absolute atomic E-state index is 11.8. The third-order valence-electron chi connectivity index (χ3n) is 2.89. The molecule has 19 heavy (non-hydrogen) atoms. The lowest BCUT2D eigenvalue weighted by Gasteiger charge is -2.27. The number of carbonyl (C=O) groups is 1. The number of morpholine rings is 1. The number of hydrogen-bond acceptors (Lipinski definition) is 5. The summed E-state index contributed by atoms with van der Waals surface area (Å²) in [5, 5.41) is 0. The molecule has 0 amide bonds. The molecule has 0 radical (unpaired) electrons. The van der Waals surface area contributed by atoms with Crippen molar-refractivity contribution in [3.8, 4) is 0 Å². The number of nitrogens with zero attached hydrogens (tertiary/aromatic N) is 3. The van der Waals surface area contributed by atoms with Gasteiger partial charge in [0.1, 0.15) is 5.82 Å². The molecule has 5 heteroatoms. The molecule has 2 heterocycles. The lowest BCUT2D eigenvalue weighted by Crippen LogP contribution is -2.36. The minimum absolute atomic E-state index is 0.0327. The molecule has 0 N–H and O–H groups in total. The summed E-state index contributed by atoms with van der Waals surface area (Å²) >= 11 is 0. The number of ketones is 1. The van der Waals surface area contributed by atoms with Crippen LogP contribution in [0.25, 0.3) is 0 Å². The zero-order valence-corrected chi connectivity index (χ0v) is 11.4. The van der Waals surface area contributed by atoms with Crippen LogP contribution in [0.15, 0.2) is 30.6 Å². The summed E-state index contributed by atoms with van der Waals surface area (Å²) in [6.45, 7) is 3.16. The van der Waals surface area contributed by atoms with Gasteiger partial charge in [-0.05, 0) is 12.1 Å². The number of allylic oxidation sites excluding steroid dienone is 1. The van der Waals surface area contributed by atoms with Crippen molar-refractivity contribution in [2.75, 3.05) is 45.3 Å². The summed E-state index contributed by atoms with van der Waals surface area (Å²) in [7, 11) is 3.76. The Morgan fingerprint density at radius 3 is 2.68 bits per heavy atom. The fourth-order valence-electron chi connectivity index (χ4n) is 1.82. The molecule has 0 atom stereocenters. The van der Waals surface area contributed by atoms with E-state index in [2.05, 4.69) is 9.88 Å². The minimum Gasteiger partial charge on any atom is -0.383 e. The van der Waals surface area contributed by atoms with Gasteiger partial charge in [-0.1, -0.05) is 0 Å². The van der Waals surface area contributed by atoms with Crippen molar-refractivity contribution >= 4 is 11.6 Å². The smallest absolute Gasteiger partial charge is 0.188 e. The van der Waals surface area contributed by atoms with Gasteiger partial charge in [-0.2, -0.15) is 0 Å². The van der Waals surface area contributed by atoms with E-state index in [1.165, 1.54) is 0 Å². The van der Waals surface area contributed by atoms with E-state index in [0.29, 0.717) is 5.56 Å². The van der Waals surface area contributed by atoms with E-state index < -0.39 is 0 Å². The van der Waals surface area contributed by atoms with Crippen molar-refractivity contribution in [2.45, 2.75) is 0 Å². The fraction of sp³-hybridized carbons (Fsp3) is 0.429. The van der Waals surface area contributed by atoms with Crippen LogP contribution in [-0.2, 0) is 4.74 Å². The van der Waals surface area contributed by atoms with E-state index in [0.717, 1.165) is 32.1 Å². The second kappa shape index (κ2) is 6.33. The quantitative estimate of drug-likeness (QED) is 0.601. The average molecular weight is 261 g/mol. The molecule has 0 saturated carbocycles. The van der Waals surface area contributed by atoms with E-state index in [4.69, 9.17) is 4.74 Å². The van der Waals surface area contributed by atoms with E-state index >= 15 is 0 Å². The van der Waals surface area contributed by atoms with Crippen molar-refractivity contribution in [2.24, 2.45) is 0 Å². The Kier molecular flexibility index (Phi) is 4.52. The van der Waals surface area contributed by atoms with Crippen molar-refractivity contribution in [1.29, 1.82) is 0 Å². The first-order chi connectivity index (χ1) is 9.16. The predicted molar refractivity (Wildman–Crippen MR) is 74.4 cm³/mol. The first-order valence-electron chi connectivity index (χ1n) is 6.34. The van der Waals surface area contributed by atoms with Gasteiger partial charge in [0.15, 0.2) is 5.78 Å². The first kappa shape index (κ1) is 13.5. The lowest BCUT2D eigenvalue weighted by molar-refractivity contribution is 0.104. The van der Waals surface area contributed by atoms with Gasteiger partial charge in [0.25, 0.3) is 0 Å². The van der Waals surface area contributed by atoms with Crippen LogP contribution < -0.4 is 4.90 Å². The van der Waals surface area contributed by atoms with Crippen LogP contribution >= 0.6 is 0 Å². The minimum atomic E-state index is -0.0327. The Balaban J connectivity index is 2.03. The Morgan fingerprint density at radius 2 is 2.11 bits per heavy atom. The van der Waals surface area contributed by atoms with Crippen LogP contribution in [0.3, 0.4) is 0 Å². The van der Waals surface area contributed by atoms with Gasteiger partial charge in [0, 0.05) is 51.2 Å². The molecule has 0 aromatic carbocycles. The fourth-order valence-corrected chi connectivity index (χ4v) is 1.82. The number of pyridine rings is 1. The molecule has 1 fully saturated rings. The highest BCUT2D eigenvalue weighted by atomic mass is 16.5. The molecule has 1 saturated heterocycles. The molecule has 0 bridgehead atoms. The van der Waals surface area contributed by atoms with Gasteiger partial charge in [0.05, 0.1) is 13.2 Å². The van der Waals surface area contributed by atoms with E-state index in [9.17, 15) is 4.79 Å². The number of anilines is 1. The van der Waals surface area contributed by atoms with Gasteiger partial charge in [-0.25, -0.2) is 4.98 Å². The molecular formula is C14H19N3O2. The monoisotopic (exact) mass is 261 g/mol. The lowest BCUT2D eigenvalue weighted by atomic mass is 10.2. The van der Waals surface area contributed by atoms with Crippen LogP contribution in [-0.4, -0.2) is 56.1 Å². The van der Waals surface area contributed by atoms with Crippen LogP contribution in [0.1, 0.15) is 10.4 Å².